The Morgan fingerprint density at radius 3 is 2.67 bits per heavy atom. The molecule has 0 N–H and O–H groups in total. The number of hydrogen-bond donors (Lipinski definition) is 0. The second-order valence-corrected chi connectivity index (χ2v) is 4.55. The van der Waals surface area contributed by atoms with Crippen LogP contribution in [0.25, 0.3) is 21.7 Å². The van der Waals surface area contributed by atoms with Crippen LogP contribution in [0, 0.1) is 0 Å². The quantitative estimate of drug-likeness (QED) is 0.443. The molecular formula is C15H12NO2+. The van der Waals surface area contributed by atoms with Gasteiger partial charge in [-0.05, 0) is 18.2 Å². The molecule has 0 spiro atoms. The number of aromatic nitrogens is 1. The average Bonchev–Trinajstić information content (AvgIpc) is 2.84. The van der Waals surface area contributed by atoms with E-state index < -0.39 is 0 Å². The molecule has 0 saturated heterocycles. The van der Waals surface area contributed by atoms with E-state index in [9.17, 15) is 0 Å². The molecule has 3 heteroatoms. The molecule has 0 atom stereocenters. The zero-order chi connectivity index (χ0) is 12.1. The van der Waals surface area contributed by atoms with E-state index in [1.54, 1.807) is 0 Å². The predicted octanol–water partition coefficient (Wildman–Crippen LogP) is 2.55. The van der Waals surface area contributed by atoms with Crippen molar-refractivity contribution < 1.29 is 14.0 Å². The van der Waals surface area contributed by atoms with Gasteiger partial charge in [0.05, 0.1) is 10.8 Å². The van der Waals surface area contributed by atoms with Crippen LogP contribution in [0.15, 0.2) is 42.6 Å². The van der Waals surface area contributed by atoms with Gasteiger partial charge >= 0.3 is 0 Å². The van der Waals surface area contributed by atoms with E-state index in [0.717, 1.165) is 11.5 Å². The van der Waals surface area contributed by atoms with E-state index >= 15 is 0 Å². The minimum Gasteiger partial charge on any atom is -0.454 e. The Hall–Kier alpha value is -2.29. The predicted molar refractivity (Wildman–Crippen MR) is 68.8 cm³/mol. The fourth-order valence-electron chi connectivity index (χ4n) is 2.58. The van der Waals surface area contributed by atoms with Crippen LogP contribution in [-0.4, -0.2) is 6.79 Å². The van der Waals surface area contributed by atoms with Crippen molar-refractivity contribution in [3.8, 4) is 11.5 Å². The van der Waals surface area contributed by atoms with Crippen molar-refractivity contribution in [2.24, 2.45) is 7.05 Å². The first kappa shape index (κ1) is 9.71. The molecule has 0 amide bonds. The van der Waals surface area contributed by atoms with Gasteiger partial charge in [0.1, 0.15) is 7.05 Å². The van der Waals surface area contributed by atoms with Crippen LogP contribution >= 0.6 is 0 Å². The van der Waals surface area contributed by atoms with Crippen LogP contribution in [0.5, 0.6) is 11.5 Å². The molecule has 18 heavy (non-hydrogen) atoms. The molecule has 2 aromatic carbocycles. The number of fused-ring (bicyclic) bond motifs is 4. The van der Waals surface area contributed by atoms with Gasteiger partial charge in [-0.25, -0.2) is 4.57 Å². The Kier molecular flexibility index (Phi) is 1.81. The fourth-order valence-corrected chi connectivity index (χ4v) is 2.58. The number of para-hydroxylation sites is 1. The number of aryl methyl sites for hydroxylation is 1. The molecule has 0 fully saturated rings. The molecule has 0 radical (unpaired) electrons. The van der Waals surface area contributed by atoms with Gasteiger partial charge in [-0.15, -0.1) is 0 Å². The highest BCUT2D eigenvalue weighted by molar-refractivity contribution is 6.05. The number of pyridine rings is 1. The van der Waals surface area contributed by atoms with Crippen molar-refractivity contribution in [1.82, 2.24) is 0 Å². The molecule has 0 unspecified atom stereocenters. The number of nitrogens with zero attached hydrogens (tertiary/aromatic N) is 1. The molecular weight excluding hydrogens is 226 g/mol. The lowest BCUT2D eigenvalue weighted by atomic mass is 10.1. The lowest BCUT2D eigenvalue weighted by Gasteiger charge is -2.04. The zero-order valence-corrected chi connectivity index (χ0v) is 10.0. The van der Waals surface area contributed by atoms with Gasteiger partial charge < -0.3 is 9.47 Å². The number of rotatable bonds is 0. The minimum absolute atomic E-state index is 0.315. The lowest BCUT2D eigenvalue weighted by Crippen LogP contribution is -2.28. The van der Waals surface area contributed by atoms with Crippen molar-refractivity contribution in [3.63, 3.8) is 0 Å². The van der Waals surface area contributed by atoms with Gasteiger partial charge in [0.2, 0.25) is 12.3 Å². The standard InChI is InChI=1S/C15H12NO2/c1-16-8-10-6-14-15(18-9-17-14)7-12(10)11-4-2-3-5-13(11)16/h2-8H,9H2,1H3/q+1. The Bertz CT molecular complexity index is 780. The van der Waals surface area contributed by atoms with Crippen LogP contribution in [0.2, 0.25) is 0 Å². The van der Waals surface area contributed by atoms with Crippen molar-refractivity contribution in [1.29, 1.82) is 0 Å². The monoisotopic (exact) mass is 238 g/mol. The van der Waals surface area contributed by atoms with E-state index in [4.69, 9.17) is 9.47 Å². The van der Waals surface area contributed by atoms with E-state index in [-0.39, 0.29) is 0 Å². The van der Waals surface area contributed by atoms with Crippen molar-refractivity contribution in [2.45, 2.75) is 0 Å². The summed E-state index contributed by atoms with van der Waals surface area (Å²) in [4.78, 5) is 0. The highest BCUT2D eigenvalue weighted by atomic mass is 16.7. The summed E-state index contributed by atoms with van der Waals surface area (Å²) in [5.74, 6) is 1.67. The Morgan fingerprint density at radius 2 is 1.78 bits per heavy atom. The summed E-state index contributed by atoms with van der Waals surface area (Å²) in [6.07, 6.45) is 2.12. The van der Waals surface area contributed by atoms with Crippen LogP contribution in [0.1, 0.15) is 0 Å². The smallest absolute Gasteiger partial charge is 0.231 e. The van der Waals surface area contributed by atoms with Gasteiger partial charge in [0, 0.05) is 11.5 Å². The van der Waals surface area contributed by atoms with Gasteiger partial charge in [-0.3, -0.25) is 0 Å². The maximum atomic E-state index is 5.46. The first-order valence-electron chi connectivity index (χ1n) is 5.94. The molecule has 3 nitrogen and oxygen atoms in total. The Balaban J connectivity index is 2.21. The summed E-state index contributed by atoms with van der Waals surface area (Å²) >= 11 is 0. The third-order valence-electron chi connectivity index (χ3n) is 3.45. The van der Waals surface area contributed by atoms with Gasteiger partial charge in [0.15, 0.2) is 17.7 Å². The molecule has 1 aliphatic heterocycles. The highest BCUT2D eigenvalue weighted by Gasteiger charge is 2.17. The zero-order valence-electron chi connectivity index (χ0n) is 10.0. The van der Waals surface area contributed by atoms with Crippen LogP contribution in [-0.2, 0) is 7.05 Å². The molecule has 0 saturated carbocycles. The Labute approximate surface area is 104 Å². The molecule has 88 valence electrons. The second-order valence-electron chi connectivity index (χ2n) is 4.55. The third-order valence-corrected chi connectivity index (χ3v) is 3.45. The molecule has 0 aliphatic carbocycles. The van der Waals surface area contributed by atoms with Crippen LogP contribution in [0.4, 0.5) is 0 Å². The summed E-state index contributed by atoms with van der Waals surface area (Å²) in [6.45, 7) is 0.315. The second kappa shape index (κ2) is 3.35. The van der Waals surface area contributed by atoms with E-state index in [0.29, 0.717) is 6.79 Å². The number of ether oxygens (including phenoxy) is 2. The van der Waals surface area contributed by atoms with E-state index in [2.05, 4.69) is 48.1 Å². The average molecular weight is 238 g/mol. The van der Waals surface area contributed by atoms with Crippen LogP contribution in [0.3, 0.4) is 0 Å². The summed E-state index contributed by atoms with van der Waals surface area (Å²) in [5, 5.41) is 3.60. The fraction of sp³-hybridized carbons (Fsp3) is 0.133. The van der Waals surface area contributed by atoms with Gasteiger partial charge in [-0.2, -0.15) is 0 Å². The number of hydrogen-bond acceptors (Lipinski definition) is 2. The summed E-state index contributed by atoms with van der Waals surface area (Å²) in [6, 6.07) is 12.5. The maximum absolute atomic E-state index is 5.46. The Morgan fingerprint density at radius 1 is 1.00 bits per heavy atom. The third kappa shape index (κ3) is 1.21. The minimum atomic E-state index is 0.315. The highest BCUT2D eigenvalue weighted by Crippen LogP contribution is 2.37. The largest absolute Gasteiger partial charge is 0.454 e. The summed E-state index contributed by atoms with van der Waals surface area (Å²) < 4.78 is 13.0. The molecule has 0 bridgehead atoms. The van der Waals surface area contributed by atoms with Crippen molar-refractivity contribution in [3.05, 3.63) is 42.6 Å². The molecule has 3 aromatic rings. The normalized spacial score (nSPS) is 13.4. The first-order valence-corrected chi connectivity index (χ1v) is 5.94. The van der Waals surface area contributed by atoms with Crippen molar-refractivity contribution in [2.75, 3.05) is 6.79 Å². The van der Waals surface area contributed by atoms with Gasteiger partial charge in [0.25, 0.3) is 0 Å². The van der Waals surface area contributed by atoms with E-state index in [1.807, 2.05) is 6.07 Å². The van der Waals surface area contributed by atoms with Gasteiger partial charge in [-0.1, -0.05) is 12.1 Å². The first-order chi connectivity index (χ1) is 8.83. The molecule has 1 aliphatic rings. The summed E-state index contributed by atoms with van der Waals surface area (Å²) in [7, 11) is 2.06. The topological polar surface area (TPSA) is 22.3 Å². The van der Waals surface area contributed by atoms with Crippen LogP contribution < -0.4 is 14.0 Å². The SMILES string of the molecule is C[n+]1cc2cc3c(cc2c2ccccc21)OCO3. The summed E-state index contributed by atoms with van der Waals surface area (Å²) in [5.41, 5.74) is 1.21. The number of benzene rings is 2. The maximum Gasteiger partial charge on any atom is 0.231 e. The molecule has 1 aromatic heterocycles. The van der Waals surface area contributed by atoms with Crippen molar-refractivity contribution >= 4 is 21.7 Å². The van der Waals surface area contributed by atoms with E-state index in [1.165, 1.54) is 21.7 Å². The lowest BCUT2D eigenvalue weighted by molar-refractivity contribution is -0.643. The molecule has 2 heterocycles. The molecule has 4 rings (SSSR count).